The summed E-state index contributed by atoms with van der Waals surface area (Å²) in [7, 11) is 0. The molecule has 1 aliphatic heterocycles. The first-order valence-corrected chi connectivity index (χ1v) is 12.5. The van der Waals surface area contributed by atoms with E-state index < -0.39 is 6.10 Å². The molecule has 2 aromatic rings. The second-order valence-corrected chi connectivity index (χ2v) is 9.86. The highest BCUT2D eigenvalue weighted by Crippen LogP contribution is 2.34. The van der Waals surface area contributed by atoms with Crippen molar-refractivity contribution < 1.29 is 19.4 Å². The molecule has 6 nitrogen and oxygen atoms in total. The number of benzene rings is 1. The highest BCUT2D eigenvalue weighted by molar-refractivity contribution is 7.10. The third kappa shape index (κ3) is 7.29. The summed E-state index contributed by atoms with van der Waals surface area (Å²) in [5.74, 6) is 0.755. The highest BCUT2D eigenvalue weighted by Gasteiger charge is 2.33. The van der Waals surface area contributed by atoms with Gasteiger partial charge in [-0.15, -0.1) is 17.9 Å². The quantitative estimate of drug-likeness (QED) is 0.356. The van der Waals surface area contributed by atoms with Crippen molar-refractivity contribution in [2.24, 2.45) is 0 Å². The highest BCUT2D eigenvalue weighted by atomic mass is 35.5. The maximum atomic E-state index is 13.4. The van der Waals surface area contributed by atoms with Crippen molar-refractivity contribution in [1.82, 2.24) is 9.80 Å². The summed E-state index contributed by atoms with van der Waals surface area (Å²) >= 11 is 7.71. The van der Waals surface area contributed by atoms with Crippen molar-refractivity contribution in [3.05, 3.63) is 63.8 Å². The van der Waals surface area contributed by atoms with Crippen molar-refractivity contribution in [2.75, 3.05) is 39.5 Å². The first-order valence-electron chi connectivity index (χ1n) is 11.2. The third-order valence-corrected chi connectivity index (χ3v) is 6.95. The van der Waals surface area contributed by atoms with Gasteiger partial charge in [0.15, 0.2) is 0 Å². The fourth-order valence-electron chi connectivity index (χ4n) is 3.91. The third-order valence-electron chi connectivity index (χ3n) is 5.70. The zero-order chi connectivity index (χ0) is 23.8. The molecule has 1 aliphatic rings. The van der Waals surface area contributed by atoms with Gasteiger partial charge in [-0.3, -0.25) is 9.69 Å². The van der Waals surface area contributed by atoms with Crippen LogP contribution in [0.2, 0.25) is 5.02 Å². The fourth-order valence-corrected chi connectivity index (χ4v) is 4.97. The van der Waals surface area contributed by atoms with Crippen LogP contribution in [-0.2, 0) is 16.0 Å². The topological polar surface area (TPSA) is 62.2 Å². The Bertz CT molecular complexity index is 902. The monoisotopic (exact) mass is 492 g/mol. The van der Waals surface area contributed by atoms with Gasteiger partial charge in [0.1, 0.15) is 12.4 Å². The Morgan fingerprint density at radius 3 is 2.82 bits per heavy atom. The molecule has 1 amide bonds. The number of hydrogen-bond acceptors (Lipinski definition) is 6. The number of fused-ring (bicyclic) bond motifs is 1. The number of nitrogens with zero attached hydrogens (tertiary/aromatic N) is 2. The Kier molecular flexibility index (Phi) is 9.77. The lowest BCUT2D eigenvalue weighted by atomic mass is 10.00. The Morgan fingerprint density at radius 2 is 2.12 bits per heavy atom. The van der Waals surface area contributed by atoms with E-state index in [4.69, 9.17) is 21.1 Å². The van der Waals surface area contributed by atoms with E-state index in [-0.39, 0.29) is 31.1 Å². The molecule has 2 atom stereocenters. The summed E-state index contributed by atoms with van der Waals surface area (Å²) in [6.45, 7) is 9.89. The molecular weight excluding hydrogens is 460 g/mol. The van der Waals surface area contributed by atoms with Crippen LogP contribution in [0.5, 0.6) is 5.75 Å². The molecule has 0 spiro atoms. The molecule has 0 bridgehead atoms. The Balaban J connectivity index is 1.67. The van der Waals surface area contributed by atoms with E-state index in [9.17, 15) is 9.90 Å². The Morgan fingerprint density at radius 1 is 1.36 bits per heavy atom. The summed E-state index contributed by atoms with van der Waals surface area (Å²) in [4.78, 5) is 18.7. The van der Waals surface area contributed by atoms with Crippen molar-refractivity contribution in [3.63, 3.8) is 0 Å². The largest absolute Gasteiger partial charge is 0.491 e. The normalized spacial score (nSPS) is 16.7. The van der Waals surface area contributed by atoms with E-state index >= 15 is 0 Å². The van der Waals surface area contributed by atoms with Gasteiger partial charge in [0.25, 0.3) is 0 Å². The molecule has 0 fully saturated rings. The zero-order valence-corrected chi connectivity index (χ0v) is 20.9. The lowest BCUT2D eigenvalue weighted by Gasteiger charge is -2.38. The van der Waals surface area contributed by atoms with Gasteiger partial charge in [0.2, 0.25) is 5.91 Å². The number of aliphatic hydroxyl groups excluding tert-OH is 1. The Labute approximate surface area is 205 Å². The number of amides is 1. The molecule has 0 saturated carbocycles. The van der Waals surface area contributed by atoms with Gasteiger partial charge in [0, 0.05) is 29.0 Å². The second kappa shape index (κ2) is 12.5. The van der Waals surface area contributed by atoms with E-state index in [1.165, 1.54) is 4.88 Å². The number of aliphatic hydroxyl groups is 1. The molecule has 8 heteroatoms. The molecule has 3 rings (SSSR count). The van der Waals surface area contributed by atoms with E-state index in [1.54, 1.807) is 29.5 Å². The maximum Gasteiger partial charge on any atom is 0.237 e. The first kappa shape index (κ1) is 25.7. The average Bonchev–Trinajstić information content (AvgIpc) is 3.27. The van der Waals surface area contributed by atoms with Gasteiger partial charge in [-0.25, -0.2) is 0 Å². The minimum absolute atomic E-state index is 0.0319. The fraction of sp³-hybridized carbons (Fsp3) is 0.480. The number of hydrogen-bond donors (Lipinski definition) is 1. The molecule has 0 saturated heterocycles. The molecule has 2 heterocycles. The molecular formula is C25H33ClN2O4S. The van der Waals surface area contributed by atoms with Crippen LogP contribution in [0.15, 0.2) is 48.4 Å². The SMILES string of the molecule is C=CCOCC(O)CN(CC(=O)N1CCc2sccc2C1COc1ccc(Cl)cc1)C(C)C. The molecule has 180 valence electrons. The summed E-state index contributed by atoms with van der Waals surface area (Å²) < 4.78 is 11.4. The van der Waals surface area contributed by atoms with Crippen LogP contribution in [-0.4, -0.2) is 72.4 Å². The summed E-state index contributed by atoms with van der Waals surface area (Å²) in [5.41, 5.74) is 1.16. The van der Waals surface area contributed by atoms with E-state index in [2.05, 4.69) is 18.0 Å². The summed E-state index contributed by atoms with van der Waals surface area (Å²) in [5, 5.41) is 13.1. The van der Waals surface area contributed by atoms with Crippen LogP contribution in [0.3, 0.4) is 0 Å². The Hall–Kier alpha value is -1.90. The molecule has 1 N–H and O–H groups in total. The standard InChI is InChI=1S/C25H33ClN2O4S/c1-4-12-31-16-20(29)14-27(18(2)3)15-25(30)28-11-9-24-22(10-13-33-24)23(28)17-32-21-7-5-19(26)6-8-21/h4-8,10,13,18,20,23,29H,1,9,11-12,14-17H2,2-3H3. The average molecular weight is 493 g/mol. The minimum Gasteiger partial charge on any atom is -0.491 e. The van der Waals surface area contributed by atoms with Crippen LogP contribution < -0.4 is 4.74 Å². The van der Waals surface area contributed by atoms with Gasteiger partial charge >= 0.3 is 0 Å². The van der Waals surface area contributed by atoms with Gasteiger partial charge in [0.05, 0.1) is 31.9 Å². The van der Waals surface area contributed by atoms with Crippen molar-refractivity contribution >= 4 is 28.8 Å². The van der Waals surface area contributed by atoms with Crippen molar-refractivity contribution in [1.29, 1.82) is 0 Å². The molecule has 2 unspecified atom stereocenters. The second-order valence-electron chi connectivity index (χ2n) is 8.42. The minimum atomic E-state index is -0.672. The van der Waals surface area contributed by atoms with Gasteiger partial charge < -0.3 is 19.5 Å². The molecule has 0 radical (unpaired) electrons. The van der Waals surface area contributed by atoms with E-state index in [0.717, 1.165) is 17.7 Å². The molecule has 1 aromatic carbocycles. The number of rotatable bonds is 12. The number of carbonyl (C=O) groups is 1. The summed E-state index contributed by atoms with van der Waals surface area (Å²) in [6, 6.07) is 9.30. The lowest BCUT2D eigenvalue weighted by molar-refractivity contribution is -0.137. The first-order chi connectivity index (χ1) is 15.9. The van der Waals surface area contributed by atoms with Crippen LogP contribution in [0, 0.1) is 0 Å². The zero-order valence-electron chi connectivity index (χ0n) is 19.3. The number of halogens is 1. The van der Waals surface area contributed by atoms with Crippen LogP contribution in [0.25, 0.3) is 0 Å². The predicted octanol–water partition coefficient (Wildman–Crippen LogP) is 4.18. The summed E-state index contributed by atoms with van der Waals surface area (Å²) in [6.07, 6.45) is 1.82. The van der Waals surface area contributed by atoms with Crippen molar-refractivity contribution in [2.45, 2.75) is 38.5 Å². The van der Waals surface area contributed by atoms with Crippen LogP contribution >= 0.6 is 22.9 Å². The number of thiophene rings is 1. The maximum absolute atomic E-state index is 13.4. The van der Waals surface area contributed by atoms with Crippen molar-refractivity contribution in [3.8, 4) is 5.75 Å². The number of ether oxygens (including phenoxy) is 2. The van der Waals surface area contributed by atoms with E-state index in [1.807, 2.05) is 35.8 Å². The smallest absolute Gasteiger partial charge is 0.237 e. The van der Waals surface area contributed by atoms with Crippen LogP contribution in [0.4, 0.5) is 0 Å². The van der Waals surface area contributed by atoms with Gasteiger partial charge in [-0.2, -0.15) is 0 Å². The lowest BCUT2D eigenvalue weighted by Crippen LogP contribution is -2.49. The molecule has 33 heavy (non-hydrogen) atoms. The van der Waals surface area contributed by atoms with Crippen LogP contribution in [0.1, 0.15) is 30.3 Å². The van der Waals surface area contributed by atoms with Gasteiger partial charge in [-0.1, -0.05) is 17.7 Å². The molecule has 0 aliphatic carbocycles. The number of carbonyl (C=O) groups excluding carboxylic acids is 1. The predicted molar refractivity (Wildman–Crippen MR) is 133 cm³/mol. The molecule has 1 aromatic heterocycles. The van der Waals surface area contributed by atoms with Gasteiger partial charge in [-0.05, 0) is 61.5 Å². The van der Waals surface area contributed by atoms with E-state index in [0.29, 0.717) is 31.3 Å².